The highest BCUT2D eigenvalue weighted by Crippen LogP contribution is 2.37. The summed E-state index contributed by atoms with van der Waals surface area (Å²) >= 11 is 0. The summed E-state index contributed by atoms with van der Waals surface area (Å²) in [6, 6.07) is 11.1. The second kappa shape index (κ2) is 9.49. The molecule has 4 heteroatoms. The molecule has 0 aliphatic heterocycles. The Hall–Kier alpha value is -1.97. The van der Waals surface area contributed by atoms with Crippen LogP contribution in [0, 0.1) is 18.7 Å². The predicted molar refractivity (Wildman–Crippen MR) is 106 cm³/mol. The molecule has 1 nitrogen and oxygen atoms in total. The maximum Gasteiger partial charge on any atom is 0.267 e. The average molecular weight is 390 g/mol. The van der Waals surface area contributed by atoms with Crippen molar-refractivity contribution in [3.05, 3.63) is 64.5 Å². The van der Waals surface area contributed by atoms with E-state index in [-0.39, 0.29) is 17.9 Å². The molecule has 1 aliphatic rings. The highest BCUT2D eigenvalue weighted by Gasteiger charge is 2.22. The fraction of sp³-hybridized carbons (Fsp3) is 0.500. The Morgan fingerprint density at radius 1 is 1.00 bits per heavy atom. The van der Waals surface area contributed by atoms with Crippen molar-refractivity contribution < 1.29 is 17.9 Å². The van der Waals surface area contributed by atoms with Crippen LogP contribution in [-0.4, -0.2) is 0 Å². The fourth-order valence-electron chi connectivity index (χ4n) is 4.29. The van der Waals surface area contributed by atoms with Gasteiger partial charge in [-0.1, -0.05) is 50.1 Å². The normalized spacial score (nSPS) is 19.8. The monoisotopic (exact) mass is 390 g/mol. The lowest BCUT2D eigenvalue weighted by atomic mass is 9.77. The van der Waals surface area contributed by atoms with Crippen LogP contribution < -0.4 is 4.74 Å². The van der Waals surface area contributed by atoms with Crippen LogP contribution in [0.4, 0.5) is 13.2 Å². The second-order valence-electron chi connectivity index (χ2n) is 7.95. The van der Waals surface area contributed by atoms with Gasteiger partial charge in [-0.3, -0.25) is 0 Å². The highest BCUT2D eigenvalue weighted by molar-refractivity contribution is 5.38. The first-order chi connectivity index (χ1) is 13.5. The summed E-state index contributed by atoms with van der Waals surface area (Å²) in [6.45, 7) is 3.89. The molecule has 0 spiro atoms. The van der Waals surface area contributed by atoms with E-state index < -0.39 is 17.8 Å². The van der Waals surface area contributed by atoms with Crippen molar-refractivity contribution in [2.75, 3.05) is 0 Å². The van der Waals surface area contributed by atoms with Crippen LogP contribution in [0.5, 0.6) is 5.75 Å². The minimum Gasteiger partial charge on any atom is -0.486 e. The van der Waals surface area contributed by atoms with Gasteiger partial charge in [0.1, 0.15) is 6.61 Å². The Morgan fingerprint density at radius 2 is 1.68 bits per heavy atom. The van der Waals surface area contributed by atoms with Crippen LogP contribution >= 0.6 is 0 Å². The molecule has 3 rings (SSSR count). The van der Waals surface area contributed by atoms with Gasteiger partial charge in [0.2, 0.25) is 0 Å². The molecule has 1 saturated carbocycles. The molecular weight excluding hydrogens is 361 g/mol. The lowest BCUT2D eigenvalue weighted by molar-refractivity contribution is 0.143. The van der Waals surface area contributed by atoms with Crippen molar-refractivity contribution in [3.8, 4) is 5.75 Å². The number of alkyl halides is 2. The summed E-state index contributed by atoms with van der Waals surface area (Å²) in [5, 5.41) is 0. The summed E-state index contributed by atoms with van der Waals surface area (Å²) in [7, 11) is 0. The van der Waals surface area contributed by atoms with Gasteiger partial charge in [0, 0.05) is 0 Å². The molecule has 28 heavy (non-hydrogen) atoms. The fourth-order valence-corrected chi connectivity index (χ4v) is 4.29. The molecule has 0 radical (unpaired) electrons. The Labute approximate surface area is 165 Å². The summed E-state index contributed by atoms with van der Waals surface area (Å²) in [4.78, 5) is 0. The molecule has 0 bridgehead atoms. The molecule has 0 amide bonds. The molecular formula is C24H29F3O. The van der Waals surface area contributed by atoms with Gasteiger partial charge in [0.25, 0.3) is 6.43 Å². The summed E-state index contributed by atoms with van der Waals surface area (Å²) < 4.78 is 45.8. The zero-order chi connectivity index (χ0) is 20.1. The van der Waals surface area contributed by atoms with Gasteiger partial charge in [-0.25, -0.2) is 13.2 Å². The Balaban J connectivity index is 1.59. The quantitative estimate of drug-likeness (QED) is 0.470. The maximum atomic E-state index is 14.3. The number of benzene rings is 2. The van der Waals surface area contributed by atoms with Gasteiger partial charge >= 0.3 is 0 Å². The van der Waals surface area contributed by atoms with E-state index in [1.54, 1.807) is 0 Å². The first-order valence-electron chi connectivity index (χ1n) is 10.3. The number of ether oxygens (including phenoxy) is 1. The Morgan fingerprint density at radius 3 is 2.29 bits per heavy atom. The topological polar surface area (TPSA) is 9.23 Å². The maximum absolute atomic E-state index is 14.3. The van der Waals surface area contributed by atoms with Gasteiger partial charge in [-0.2, -0.15) is 0 Å². The van der Waals surface area contributed by atoms with E-state index in [9.17, 15) is 13.2 Å². The van der Waals surface area contributed by atoms with E-state index in [1.807, 2.05) is 12.1 Å². The molecule has 0 N–H and O–H groups in total. The van der Waals surface area contributed by atoms with Crippen molar-refractivity contribution >= 4 is 0 Å². The predicted octanol–water partition coefficient (Wildman–Crippen LogP) is 7.72. The largest absolute Gasteiger partial charge is 0.486 e. The van der Waals surface area contributed by atoms with E-state index in [1.165, 1.54) is 63.1 Å². The van der Waals surface area contributed by atoms with Crippen molar-refractivity contribution in [2.24, 2.45) is 5.92 Å². The summed E-state index contributed by atoms with van der Waals surface area (Å²) in [5.74, 6) is 0.414. The zero-order valence-corrected chi connectivity index (χ0v) is 16.7. The minimum atomic E-state index is -2.85. The summed E-state index contributed by atoms with van der Waals surface area (Å²) in [6.07, 6.45) is 4.86. The smallest absolute Gasteiger partial charge is 0.267 e. The van der Waals surface area contributed by atoms with Crippen molar-refractivity contribution in [1.29, 1.82) is 0 Å². The van der Waals surface area contributed by atoms with E-state index >= 15 is 0 Å². The van der Waals surface area contributed by atoms with Crippen LogP contribution in [0.3, 0.4) is 0 Å². The van der Waals surface area contributed by atoms with Crippen LogP contribution in [0.2, 0.25) is 0 Å². The minimum absolute atomic E-state index is 0.126. The third-order valence-electron chi connectivity index (χ3n) is 5.97. The molecule has 2 aromatic rings. The lowest BCUT2D eigenvalue weighted by Gasteiger charge is -2.28. The zero-order valence-electron chi connectivity index (χ0n) is 16.7. The molecule has 0 heterocycles. The molecule has 0 unspecified atom stereocenters. The SMILES string of the molecule is CCCC1CCC(c2ccc(COc3ccc(C)c(C(F)F)c3F)cc2)CC1. The Kier molecular flexibility index (Phi) is 7.03. The van der Waals surface area contributed by atoms with Gasteiger partial charge in [0.15, 0.2) is 11.6 Å². The first kappa shape index (κ1) is 20.8. The van der Waals surface area contributed by atoms with Gasteiger partial charge < -0.3 is 4.74 Å². The van der Waals surface area contributed by atoms with E-state index in [2.05, 4.69) is 19.1 Å². The number of rotatable bonds is 7. The highest BCUT2D eigenvalue weighted by atomic mass is 19.3. The molecule has 2 aromatic carbocycles. The van der Waals surface area contributed by atoms with Crippen LogP contribution in [0.15, 0.2) is 36.4 Å². The lowest BCUT2D eigenvalue weighted by Crippen LogP contribution is -2.13. The third-order valence-corrected chi connectivity index (χ3v) is 5.97. The number of hydrogen-bond acceptors (Lipinski definition) is 1. The molecule has 1 aliphatic carbocycles. The number of halogens is 3. The van der Waals surface area contributed by atoms with Gasteiger partial charge in [-0.15, -0.1) is 0 Å². The first-order valence-corrected chi connectivity index (χ1v) is 10.3. The van der Waals surface area contributed by atoms with E-state index in [0.717, 1.165) is 11.5 Å². The van der Waals surface area contributed by atoms with Crippen molar-refractivity contribution in [1.82, 2.24) is 0 Å². The van der Waals surface area contributed by atoms with Gasteiger partial charge in [0.05, 0.1) is 5.56 Å². The second-order valence-corrected chi connectivity index (χ2v) is 7.95. The van der Waals surface area contributed by atoms with Crippen molar-refractivity contribution in [2.45, 2.75) is 71.3 Å². The van der Waals surface area contributed by atoms with Crippen LogP contribution in [0.25, 0.3) is 0 Å². The third kappa shape index (κ3) is 4.89. The van der Waals surface area contributed by atoms with Crippen LogP contribution in [0.1, 0.15) is 80.0 Å². The molecule has 1 fully saturated rings. The van der Waals surface area contributed by atoms with E-state index in [4.69, 9.17) is 4.74 Å². The summed E-state index contributed by atoms with van der Waals surface area (Å²) in [5.41, 5.74) is 1.91. The number of aryl methyl sites for hydroxylation is 1. The molecule has 0 atom stereocenters. The van der Waals surface area contributed by atoms with Crippen LogP contribution in [-0.2, 0) is 6.61 Å². The number of hydrogen-bond donors (Lipinski definition) is 0. The van der Waals surface area contributed by atoms with E-state index in [0.29, 0.717) is 5.92 Å². The average Bonchev–Trinajstić information content (AvgIpc) is 2.68. The molecule has 0 aromatic heterocycles. The standard InChI is InChI=1S/C24H29F3O/c1-3-4-17-6-10-19(11-7-17)20-12-8-18(9-13-20)15-28-21-14-5-16(2)22(23(21)25)24(26)27/h5,8-9,12-14,17,19,24H,3-4,6-7,10-11,15H2,1-2H3. The molecule has 0 saturated heterocycles. The Bertz CT molecular complexity index is 762. The van der Waals surface area contributed by atoms with Crippen molar-refractivity contribution in [3.63, 3.8) is 0 Å². The molecule has 152 valence electrons. The van der Waals surface area contributed by atoms with Gasteiger partial charge in [-0.05, 0) is 67.2 Å².